The highest BCUT2D eigenvalue weighted by molar-refractivity contribution is 6.06. The highest BCUT2D eigenvalue weighted by atomic mass is 16.2. The Morgan fingerprint density at radius 3 is 3.00 bits per heavy atom. The van der Waals surface area contributed by atoms with Crippen molar-refractivity contribution < 1.29 is 4.79 Å². The molecule has 1 spiro atoms. The first-order valence-corrected chi connectivity index (χ1v) is 6.80. The lowest BCUT2D eigenvalue weighted by Gasteiger charge is -2.43. The monoisotopic (exact) mass is 244 g/mol. The van der Waals surface area contributed by atoms with Crippen LogP contribution in [0.5, 0.6) is 0 Å². The molecule has 1 aliphatic heterocycles. The largest absolute Gasteiger partial charge is 0.369 e. The summed E-state index contributed by atoms with van der Waals surface area (Å²) < 4.78 is 0. The third-order valence-corrected chi connectivity index (χ3v) is 4.32. The van der Waals surface area contributed by atoms with Gasteiger partial charge in [-0.3, -0.25) is 4.79 Å². The van der Waals surface area contributed by atoms with Crippen molar-refractivity contribution in [2.45, 2.75) is 45.1 Å². The second kappa shape index (κ2) is 4.01. The van der Waals surface area contributed by atoms with Gasteiger partial charge in [0.15, 0.2) is 0 Å². The summed E-state index contributed by atoms with van der Waals surface area (Å²) in [6.07, 6.45) is 4.24. The quantitative estimate of drug-likeness (QED) is 0.735. The van der Waals surface area contributed by atoms with Crippen LogP contribution in [0.4, 0.5) is 11.4 Å². The van der Waals surface area contributed by atoms with E-state index in [1.807, 2.05) is 12.1 Å². The molecule has 96 valence electrons. The number of aryl methyl sites for hydroxylation is 1. The molecule has 2 aliphatic rings. The second-order valence-corrected chi connectivity index (χ2v) is 5.86. The smallest absolute Gasteiger partial charge is 0.250 e. The molecule has 1 saturated carbocycles. The minimum Gasteiger partial charge on any atom is -0.369 e. The Kier molecular flexibility index (Phi) is 2.58. The molecule has 0 bridgehead atoms. The van der Waals surface area contributed by atoms with Crippen LogP contribution in [-0.2, 0) is 4.79 Å². The van der Waals surface area contributed by atoms with E-state index in [4.69, 9.17) is 0 Å². The van der Waals surface area contributed by atoms with E-state index in [9.17, 15) is 4.79 Å². The lowest BCUT2D eigenvalue weighted by molar-refractivity contribution is -0.122. The van der Waals surface area contributed by atoms with Crippen molar-refractivity contribution in [3.8, 4) is 0 Å². The molecular formula is C15H20N2O. The van der Waals surface area contributed by atoms with Crippen molar-refractivity contribution in [3.63, 3.8) is 0 Å². The minimum absolute atomic E-state index is 0.146. The first-order chi connectivity index (χ1) is 8.61. The fraction of sp³-hybridized carbons (Fsp3) is 0.533. The third kappa shape index (κ3) is 1.69. The number of hydrogen-bond donors (Lipinski definition) is 2. The minimum atomic E-state index is -0.378. The maximum absolute atomic E-state index is 12.4. The Morgan fingerprint density at radius 1 is 1.39 bits per heavy atom. The number of hydrogen-bond acceptors (Lipinski definition) is 2. The van der Waals surface area contributed by atoms with Crippen molar-refractivity contribution in [3.05, 3.63) is 23.8 Å². The van der Waals surface area contributed by atoms with Crippen LogP contribution >= 0.6 is 0 Å². The van der Waals surface area contributed by atoms with Gasteiger partial charge in [-0.25, -0.2) is 0 Å². The van der Waals surface area contributed by atoms with Gasteiger partial charge in [-0.2, -0.15) is 0 Å². The van der Waals surface area contributed by atoms with Gasteiger partial charge in [0.2, 0.25) is 5.91 Å². The average molecular weight is 244 g/mol. The van der Waals surface area contributed by atoms with E-state index in [0.29, 0.717) is 5.92 Å². The van der Waals surface area contributed by atoms with E-state index in [0.717, 1.165) is 30.6 Å². The van der Waals surface area contributed by atoms with Gasteiger partial charge in [-0.1, -0.05) is 31.9 Å². The normalized spacial score (nSPS) is 30.6. The Morgan fingerprint density at radius 2 is 2.22 bits per heavy atom. The average Bonchev–Trinajstić information content (AvgIpc) is 2.32. The number of benzene rings is 1. The molecular weight excluding hydrogens is 224 g/mol. The first kappa shape index (κ1) is 11.6. The van der Waals surface area contributed by atoms with E-state index in [-0.39, 0.29) is 11.4 Å². The highest BCUT2D eigenvalue weighted by Crippen LogP contribution is 2.41. The van der Waals surface area contributed by atoms with Gasteiger partial charge in [-0.15, -0.1) is 0 Å². The SMILES string of the molecule is Cc1cccc2c1NC1(CCCC(C)C1)C(=O)N2. The van der Waals surface area contributed by atoms with Gasteiger partial charge in [0.25, 0.3) is 0 Å². The predicted molar refractivity (Wildman–Crippen MR) is 73.8 cm³/mol. The van der Waals surface area contributed by atoms with Crippen LogP contribution in [-0.4, -0.2) is 11.4 Å². The van der Waals surface area contributed by atoms with Crippen LogP contribution in [0.25, 0.3) is 0 Å². The van der Waals surface area contributed by atoms with E-state index in [2.05, 4.69) is 30.5 Å². The fourth-order valence-electron chi connectivity index (χ4n) is 3.35. The highest BCUT2D eigenvalue weighted by Gasteiger charge is 2.44. The summed E-state index contributed by atoms with van der Waals surface area (Å²) in [7, 11) is 0. The van der Waals surface area contributed by atoms with Crippen molar-refractivity contribution in [2.24, 2.45) is 5.92 Å². The fourth-order valence-corrected chi connectivity index (χ4v) is 3.35. The van der Waals surface area contributed by atoms with Gasteiger partial charge in [0, 0.05) is 0 Å². The molecule has 2 unspecified atom stereocenters. The van der Waals surface area contributed by atoms with Crippen LogP contribution in [0.1, 0.15) is 38.2 Å². The van der Waals surface area contributed by atoms with Crippen molar-refractivity contribution >= 4 is 17.3 Å². The maximum atomic E-state index is 12.4. The summed E-state index contributed by atoms with van der Waals surface area (Å²) in [5.74, 6) is 0.759. The van der Waals surface area contributed by atoms with E-state index in [1.165, 1.54) is 12.0 Å². The molecule has 2 atom stereocenters. The maximum Gasteiger partial charge on any atom is 0.250 e. The molecule has 1 heterocycles. The Bertz CT molecular complexity index is 497. The zero-order chi connectivity index (χ0) is 12.8. The Labute approximate surface area is 108 Å². The number of anilines is 2. The van der Waals surface area contributed by atoms with Gasteiger partial charge >= 0.3 is 0 Å². The van der Waals surface area contributed by atoms with Gasteiger partial charge < -0.3 is 10.6 Å². The zero-order valence-electron chi connectivity index (χ0n) is 11.0. The summed E-state index contributed by atoms with van der Waals surface area (Å²) in [6, 6.07) is 6.03. The van der Waals surface area contributed by atoms with Crippen LogP contribution < -0.4 is 10.6 Å². The number of carbonyl (C=O) groups is 1. The van der Waals surface area contributed by atoms with Gasteiger partial charge in [0.05, 0.1) is 11.4 Å². The van der Waals surface area contributed by atoms with Crippen LogP contribution in [0.2, 0.25) is 0 Å². The zero-order valence-corrected chi connectivity index (χ0v) is 11.0. The van der Waals surface area contributed by atoms with Crippen molar-refractivity contribution in [2.75, 3.05) is 10.6 Å². The summed E-state index contributed by atoms with van der Waals surface area (Å²) >= 11 is 0. The van der Waals surface area contributed by atoms with Crippen molar-refractivity contribution in [1.29, 1.82) is 0 Å². The van der Waals surface area contributed by atoms with Crippen LogP contribution in [0.15, 0.2) is 18.2 Å². The Balaban J connectivity index is 2.00. The summed E-state index contributed by atoms with van der Waals surface area (Å²) in [5, 5.41) is 6.63. The topological polar surface area (TPSA) is 41.1 Å². The molecule has 0 saturated heterocycles. The van der Waals surface area contributed by atoms with Crippen LogP contribution in [0.3, 0.4) is 0 Å². The number of carbonyl (C=O) groups excluding carboxylic acids is 1. The molecule has 1 fully saturated rings. The molecule has 2 N–H and O–H groups in total. The molecule has 3 heteroatoms. The molecule has 1 amide bonds. The van der Waals surface area contributed by atoms with Crippen LogP contribution in [0, 0.1) is 12.8 Å². The molecule has 0 radical (unpaired) electrons. The molecule has 1 aromatic rings. The van der Waals surface area contributed by atoms with Gasteiger partial charge in [0.1, 0.15) is 5.54 Å². The molecule has 3 rings (SSSR count). The number of rotatable bonds is 0. The lowest BCUT2D eigenvalue weighted by atomic mass is 9.74. The number of para-hydroxylation sites is 1. The third-order valence-electron chi connectivity index (χ3n) is 4.32. The molecule has 1 aliphatic carbocycles. The van der Waals surface area contributed by atoms with Crippen molar-refractivity contribution in [1.82, 2.24) is 0 Å². The number of nitrogens with one attached hydrogen (secondary N) is 2. The number of fused-ring (bicyclic) bond motifs is 1. The molecule has 1 aromatic carbocycles. The van der Waals surface area contributed by atoms with E-state index >= 15 is 0 Å². The molecule has 3 nitrogen and oxygen atoms in total. The standard InChI is InChI=1S/C15H20N2O/c1-10-5-4-8-15(9-10)14(18)16-12-7-3-6-11(2)13(12)17-15/h3,6-7,10,17H,4-5,8-9H2,1-2H3,(H,16,18). The van der Waals surface area contributed by atoms with Gasteiger partial charge in [-0.05, 0) is 37.3 Å². The molecule has 18 heavy (non-hydrogen) atoms. The summed E-state index contributed by atoms with van der Waals surface area (Å²) in [6.45, 7) is 4.33. The molecule has 0 aromatic heterocycles. The Hall–Kier alpha value is -1.51. The number of amides is 1. The summed E-state index contributed by atoms with van der Waals surface area (Å²) in [4.78, 5) is 12.4. The first-order valence-electron chi connectivity index (χ1n) is 6.80. The predicted octanol–water partition coefficient (Wildman–Crippen LogP) is 3.31. The summed E-state index contributed by atoms with van der Waals surface area (Å²) in [5.41, 5.74) is 2.84. The van der Waals surface area contributed by atoms with E-state index in [1.54, 1.807) is 0 Å². The second-order valence-electron chi connectivity index (χ2n) is 5.86. The lowest BCUT2D eigenvalue weighted by Crippen LogP contribution is -2.55. The van der Waals surface area contributed by atoms with E-state index < -0.39 is 0 Å².